The fourth-order valence-corrected chi connectivity index (χ4v) is 3.05. The number of Topliss-reactive ketones (excluding diaryl/α,β-unsaturated/α-hetero) is 1. The second-order valence-electron chi connectivity index (χ2n) is 5.89. The van der Waals surface area contributed by atoms with Crippen LogP contribution in [0.15, 0.2) is 0 Å². The molecule has 0 aliphatic carbocycles. The minimum Gasteiger partial charge on any atom is -0.316 e. The van der Waals surface area contributed by atoms with Crippen molar-refractivity contribution >= 4 is 15.6 Å². The van der Waals surface area contributed by atoms with E-state index in [4.69, 9.17) is 0 Å². The number of carbonyl (C=O) groups excluding carboxylic acids is 1. The zero-order valence-electron chi connectivity index (χ0n) is 11.1. The van der Waals surface area contributed by atoms with Crippen molar-refractivity contribution in [1.82, 2.24) is 5.32 Å². The SMILES string of the molecule is CC1CNCC1C(=O)CCS(=O)(=O)C(C)(C)C. The highest BCUT2D eigenvalue weighted by molar-refractivity contribution is 7.92. The van der Waals surface area contributed by atoms with Gasteiger partial charge >= 0.3 is 0 Å². The lowest BCUT2D eigenvalue weighted by atomic mass is 9.92. The standard InChI is InChI=1S/C12H23NO3S/c1-9-7-13-8-10(9)11(14)5-6-17(15,16)12(2,3)4/h9-10,13H,5-8H2,1-4H3. The predicted octanol–water partition coefficient (Wildman–Crippen LogP) is 1.01. The summed E-state index contributed by atoms with van der Waals surface area (Å²) in [6.07, 6.45) is 0.149. The number of hydrogen-bond acceptors (Lipinski definition) is 4. The summed E-state index contributed by atoms with van der Waals surface area (Å²) in [6.45, 7) is 8.59. The summed E-state index contributed by atoms with van der Waals surface area (Å²) >= 11 is 0. The van der Waals surface area contributed by atoms with Gasteiger partial charge in [0, 0.05) is 18.9 Å². The zero-order chi connectivity index (χ0) is 13.3. The molecule has 0 radical (unpaired) electrons. The normalized spacial score (nSPS) is 26.1. The fraction of sp³-hybridized carbons (Fsp3) is 0.917. The molecule has 1 heterocycles. The van der Waals surface area contributed by atoms with E-state index in [1.807, 2.05) is 6.92 Å². The monoisotopic (exact) mass is 261 g/mol. The topological polar surface area (TPSA) is 63.2 Å². The lowest BCUT2D eigenvalue weighted by molar-refractivity contribution is -0.122. The molecule has 100 valence electrons. The third-order valence-electron chi connectivity index (χ3n) is 3.48. The Morgan fingerprint density at radius 2 is 1.88 bits per heavy atom. The largest absolute Gasteiger partial charge is 0.316 e. The first-order valence-corrected chi connectivity index (χ1v) is 7.76. The summed E-state index contributed by atoms with van der Waals surface area (Å²) in [5.74, 6) is 0.360. The summed E-state index contributed by atoms with van der Waals surface area (Å²) in [6, 6.07) is 0. The van der Waals surface area contributed by atoms with Crippen LogP contribution in [0.3, 0.4) is 0 Å². The molecule has 0 aromatic carbocycles. The third kappa shape index (κ3) is 3.52. The van der Waals surface area contributed by atoms with Gasteiger partial charge in [0.25, 0.3) is 0 Å². The Hall–Kier alpha value is -0.420. The van der Waals surface area contributed by atoms with E-state index in [0.717, 1.165) is 6.54 Å². The van der Waals surface area contributed by atoms with Crippen LogP contribution >= 0.6 is 0 Å². The molecular weight excluding hydrogens is 238 g/mol. The number of carbonyl (C=O) groups is 1. The molecule has 1 saturated heterocycles. The van der Waals surface area contributed by atoms with Crippen molar-refractivity contribution in [2.24, 2.45) is 11.8 Å². The molecule has 17 heavy (non-hydrogen) atoms. The zero-order valence-corrected chi connectivity index (χ0v) is 11.9. The minimum absolute atomic E-state index is 0.00910. The lowest BCUT2D eigenvalue weighted by Crippen LogP contribution is -2.32. The van der Waals surface area contributed by atoms with E-state index in [1.165, 1.54) is 0 Å². The van der Waals surface area contributed by atoms with Crippen molar-refractivity contribution < 1.29 is 13.2 Å². The number of rotatable bonds is 4. The van der Waals surface area contributed by atoms with E-state index in [0.29, 0.717) is 12.5 Å². The first-order chi connectivity index (χ1) is 7.65. The predicted molar refractivity (Wildman–Crippen MR) is 68.7 cm³/mol. The van der Waals surface area contributed by atoms with Gasteiger partial charge in [-0.3, -0.25) is 4.79 Å². The van der Waals surface area contributed by atoms with Gasteiger partial charge in [-0.1, -0.05) is 6.92 Å². The Balaban J connectivity index is 2.55. The highest BCUT2D eigenvalue weighted by Gasteiger charge is 2.33. The fourth-order valence-electron chi connectivity index (χ4n) is 1.97. The molecule has 0 aromatic rings. The van der Waals surface area contributed by atoms with Gasteiger partial charge in [-0.2, -0.15) is 0 Å². The van der Waals surface area contributed by atoms with E-state index in [9.17, 15) is 13.2 Å². The first-order valence-electron chi connectivity index (χ1n) is 6.11. The minimum atomic E-state index is -3.18. The van der Waals surface area contributed by atoms with E-state index in [-0.39, 0.29) is 23.9 Å². The molecule has 5 heteroatoms. The van der Waals surface area contributed by atoms with Crippen LogP contribution in [-0.4, -0.2) is 37.8 Å². The van der Waals surface area contributed by atoms with Crippen LogP contribution in [-0.2, 0) is 14.6 Å². The van der Waals surface area contributed by atoms with Gasteiger partial charge < -0.3 is 5.32 Å². The maximum absolute atomic E-state index is 11.9. The Kier molecular flexibility index (Phi) is 4.36. The molecule has 0 bridgehead atoms. The van der Waals surface area contributed by atoms with E-state index in [2.05, 4.69) is 5.32 Å². The highest BCUT2D eigenvalue weighted by Crippen LogP contribution is 2.21. The van der Waals surface area contributed by atoms with Gasteiger partial charge in [0.1, 0.15) is 5.78 Å². The summed E-state index contributed by atoms with van der Waals surface area (Å²) < 4.78 is 23.0. The van der Waals surface area contributed by atoms with Crippen LogP contribution < -0.4 is 5.32 Å². The first kappa shape index (κ1) is 14.6. The van der Waals surface area contributed by atoms with Gasteiger partial charge in [-0.25, -0.2) is 8.42 Å². The smallest absolute Gasteiger partial charge is 0.155 e. The van der Waals surface area contributed by atoms with Crippen LogP contribution in [0.5, 0.6) is 0 Å². The van der Waals surface area contributed by atoms with Crippen molar-refractivity contribution in [2.75, 3.05) is 18.8 Å². The average Bonchev–Trinajstić information content (AvgIpc) is 2.59. The van der Waals surface area contributed by atoms with Crippen molar-refractivity contribution in [3.63, 3.8) is 0 Å². The molecule has 1 rings (SSSR count). The Labute approximate surface area is 104 Å². The van der Waals surface area contributed by atoms with E-state index < -0.39 is 14.6 Å². The van der Waals surface area contributed by atoms with Gasteiger partial charge in [-0.05, 0) is 33.2 Å². The maximum Gasteiger partial charge on any atom is 0.155 e. The molecular formula is C12H23NO3S. The quantitative estimate of drug-likeness (QED) is 0.820. The van der Waals surface area contributed by atoms with Gasteiger partial charge in [-0.15, -0.1) is 0 Å². The molecule has 2 atom stereocenters. The van der Waals surface area contributed by atoms with Crippen molar-refractivity contribution in [3.05, 3.63) is 0 Å². The molecule has 1 fully saturated rings. The van der Waals surface area contributed by atoms with Gasteiger partial charge in [0.2, 0.25) is 0 Å². The van der Waals surface area contributed by atoms with Crippen molar-refractivity contribution in [1.29, 1.82) is 0 Å². The second-order valence-corrected chi connectivity index (χ2v) is 8.75. The lowest BCUT2D eigenvalue weighted by Gasteiger charge is -2.19. The van der Waals surface area contributed by atoms with Crippen LogP contribution in [0.2, 0.25) is 0 Å². The second kappa shape index (κ2) is 5.06. The van der Waals surface area contributed by atoms with Crippen LogP contribution in [0, 0.1) is 11.8 Å². The van der Waals surface area contributed by atoms with Gasteiger partial charge in [0.05, 0.1) is 10.5 Å². The average molecular weight is 261 g/mol. The molecule has 2 unspecified atom stereocenters. The molecule has 1 N–H and O–H groups in total. The Morgan fingerprint density at radius 1 is 1.29 bits per heavy atom. The number of hydrogen-bond donors (Lipinski definition) is 1. The van der Waals surface area contributed by atoms with Crippen molar-refractivity contribution in [2.45, 2.75) is 38.9 Å². The molecule has 0 spiro atoms. The summed E-state index contributed by atoms with van der Waals surface area (Å²) in [4.78, 5) is 11.9. The van der Waals surface area contributed by atoms with Gasteiger partial charge in [0.15, 0.2) is 9.84 Å². The molecule has 1 aliphatic rings. The molecule has 0 saturated carbocycles. The summed E-state index contributed by atoms with van der Waals surface area (Å²) in [5, 5.41) is 3.16. The van der Waals surface area contributed by atoms with Crippen molar-refractivity contribution in [3.8, 4) is 0 Å². The molecule has 0 amide bonds. The maximum atomic E-state index is 11.9. The summed E-state index contributed by atoms with van der Waals surface area (Å²) in [7, 11) is -3.18. The van der Waals surface area contributed by atoms with E-state index in [1.54, 1.807) is 20.8 Å². The third-order valence-corrected chi connectivity index (χ3v) is 6.09. The Bertz CT molecular complexity index is 381. The number of ketones is 1. The van der Waals surface area contributed by atoms with Crippen LogP contribution in [0.25, 0.3) is 0 Å². The number of sulfone groups is 1. The molecule has 4 nitrogen and oxygen atoms in total. The molecule has 1 aliphatic heterocycles. The molecule has 0 aromatic heterocycles. The highest BCUT2D eigenvalue weighted by atomic mass is 32.2. The van der Waals surface area contributed by atoms with Crippen LogP contribution in [0.4, 0.5) is 0 Å². The van der Waals surface area contributed by atoms with E-state index >= 15 is 0 Å². The van der Waals surface area contributed by atoms with Crippen LogP contribution in [0.1, 0.15) is 34.1 Å². The Morgan fingerprint density at radius 3 is 2.29 bits per heavy atom. The number of nitrogens with one attached hydrogen (secondary N) is 1. The summed E-state index contributed by atoms with van der Waals surface area (Å²) in [5.41, 5.74) is 0.